The van der Waals surface area contributed by atoms with Crippen molar-refractivity contribution in [1.82, 2.24) is 0 Å². The van der Waals surface area contributed by atoms with E-state index in [1.807, 2.05) is 19.1 Å². The molecule has 0 saturated heterocycles. The van der Waals surface area contributed by atoms with Gasteiger partial charge in [-0.15, -0.1) is 0 Å². The number of halogens is 1. The molecular formula is C16H22ClNO2. The lowest BCUT2D eigenvalue weighted by Gasteiger charge is -2.21. The summed E-state index contributed by atoms with van der Waals surface area (Å²) in [5.41, 5.74) is 0.880. The Morgan fingerprint density at radius 3 is 2.35 bits per heavy atom. The third-order valence-corrected chi connectivity index (χ3v) is 3.36. The van der Waals surface area contributed by atoms with Gasteiger partial charge >= 0.3 is 0 Å². The van der Waals surface area contributed by atoms with E-state index in [4.69, 9.17) is 16.7 Å². The largest absolute Gasteiger partial charge is 0.513 e. The number of anilines is 1. The summed E-state index contributed by atoms with van der Waals surface area (Å²) in [4.78, 5) is 13.9. The third kappa shape index (κ3) is 5.66. The van der Waals surface area contributed by atoms with E-state index in [2.05, 4.69) is 6.58 Å². The number of amides is 1. The molecule has 0 spiro atoms. The molecule has 0 unspecified atom stereocenters. The molecule has 1 rings (SSSR count). The second-order valence-electron chi connectivity index (χ2n) is 4.74. The minimum atomic E-state index is 0.123. The lowest BCUT2D eigenvalue weighted by atomic mass is 10.1. The molecule has 0 aliphatic heterocycles. The first kappa shape index (κ1) is 16.6. The fourth-order valence-electron chi connectivity index (χ4n) is 2.04. The number of aliphatic hydroxyl groups is 1. The number of hydrogen-bond donors (Lipinski definition) is 1. The summed E-state index contributed by atoms with van der Waals surface area (Å²) in [5.74, 6) is 0.338. The molecule has 4 heteroatoms. The summed E-state index contributed by atoms with van der Waals surface area (Å²) in [7, 11) is 0. The first-order chi connectivity index (χ1) is 9.54. The summed E-state index contributed by atoms with van der Waals surface area (Å²) >= 11 is 5.85. The predicted molar refractivity (Wildman–Crippen MR) is 84.3 cm³/mol. The Labute approximate surface area is 125 Å². The SMILES string of the molecule is C=C(O)CCCCCC(=O)N(CC)c1ccc(Cl)cc1. The van der Waals surface area contributed by atoms with Crippen molar-refractivity contribution in [3.63, 3.8) is 0 Å². The van der Waals surface area contributed by atoms with Crippen molar-refractivity contribution in [2.75, 3.05) is 11.4 Å². The zero-order valence-corrected chi connectivity index (χ0v) is 12.7. The lowest BCUT2D eigenvalue weighted by molar-refractivity contribution is -0.118. The second-order valence-corrected chi connectivity index (χ2v) is 5.18. The Hall–Kier alpha value is -1.48. The van der Waals surface area contributed by atoms with Gasteiger partial charge in [-0.2, -0.15) is 0 Å². The molecule has 0 radical (unpaired) electrons. The van der Waals surface area contributed by atoms with Crippen molar-refractivity contribution in [3.8, 4) is 0 Å². The van der Waals surface area contributed by atoms with E-state index < -0.39 is 0 Å². The molecule has 1 aromatic rings. The minimum absolute atomic E-state index is 0.123. The van der Waals surface area contributed by atoms with Crippen LogP contribution < -0.4 is 4.90 Å². The lowest BCUT2D eigenvalue weighted by Crippen LogP contribution is -2.30. The van der Waals surface area contributed by atoms with Gasteiger partial charge in [0, 0.05) is 30.1 Å². The average Bonchev–Trinajstić information content (AvgIpc) is 2.41. The van der Waals surface area contributed by atoms with Crippen LogP contribution in [0.3, 0.4) is 0 Å². The van der Waals surface area contributed by atoms with Crippen molar-refractivity contribution in [2.24, 2.45) is 0 Å². The van der Waals surface area contributed by atoms with Gasteiger partial charge in [0.1, 0.15) is 0 Å². The maximum absolute atomic E-state index is 12.2. The fraction of sp³-hybridized carbons (Fsp3) is 0.438. The number of carbonyl (C=O) groups excluding carboxylic acids is 1. The molecule has 20 heavy (non-hydrogen) atoms. The van der Waals surface area contributed by atoms with E-state index in [0.29, 0.717) is 24.4 Å². The van der Waals surface area contributed by atoms with E-state index in [1.165, 1.54) is 0 Å². The van der Waals surface area contributed by atoms with Crippen molar-refractivity contribution in [1.29, 1.82) is 0 Å². The molecule has 1 amide bonds. The van der Waals surface area contributed by atoms with Crippen LogP contribution in [0.15, 0.2) is 36.6 Å². The monoisotopic (exact) mass is 295 g/mol. The Balaban J connectivity index is 2.43. The van der Waals surface area contributed by atoms with Gasteiger partial charge in [-0.05, 0) is 44.0 Å². The first-order valence-electron chi connectivity index (χ1n) is 6.97. The fourth-order valence-corrected chi connectivity index (χ4v) is 2.17. The second kappa shape index (κ2) is 8.64. The zero-order valence-electron chi connectivity index (χ0n) is 11.9. The standard InChI is InChI=1S/C16H22ClNO2/c1-3-18(15-11-9-14(17)10-12-15)16(20)8-6-4-5-7-13(2)19/h9-12,19H,2-8H2,1H3. The predicted octanol–water partition coefficient (Wildman–Crippen LogP) is 4.72. The van der Waals surface area contributed by atoms with Crippen LogP contribution in [0.5, 0.6) is 0 Å². The number of unbranched alkanes of at least 4 members (excludes halogenated alkanes) is 2. The summed E-state index contributed by atoms with van der Waals surface area (Å²) in [6, 6.07) is 7.30. The number of carbonyl (C=O) groups is 1. The number of allylic oxidation sites excluding steroid dienone is 1. The summed E-state index contributed by atoms with van der Waals surface area (Å²) in [6.45, 7) is 6.05. The van der Waals surface area contributed by atoms with Gasteiger partial charge < -0.3 is 10.0 Å². The number of benzene rings is 1. The molecule has 1 aromatic carbocycles. The first-order valence-corrected chi connectivity index (χ1v) is 7.35. The van der Waals surface area contributed by atoms with Crippen LogP contribution in [0, 0.1) is 0 Å². The van der Waals surface area contributed by atoms with Crippen LogP contribution in [0.25, 0.3) is 0 Å². The molecule has 0 fully saturated rings. The molecule has 110 valence electrons. The number of aliphatic hydroxyl groups excluding tert-OH is 1. The van der Waals surface area contributed by atoms with Gasteiger partial charge in [0.05, 0.1) is 5.76 Å². The molecule has 0 bridgehead atoms. The highest BCUT2D eigenvalue weighted by molar-refractivity contribution is 6.30. The minimum Gasteiger partial charge on any atom is -0.513 e. The van der Waals surface area contributed by atoms with Gasteiger partial charge in [0.25, 0.3) is 0 Å². The molecule has 0 aliphatic rings. The molecule has 0 saturated carbocycles. The third-order valence-electron chi connectivity index (χ3n) is 3.11. The average molecular weight is 296 g/mol. The maximum Gasteiger partial charge on any atom is 0.226 e. The highest BCUT2D eigenvalue weighted by Gasteiger charge is 2.13. The molecule has 0 aromatic heterocycles. The summed E-state index contributed by atoms with van der Waals surface area (Å²) in [6.07, 6.45) is 3.76. The molecule has 0 aliphatic carbocycles. The van der Waals surface area contributed by atoms with E-state index in [1.54, 1.807) is 17.0 Å². The van der Waals surface area contributed by atoms with Crippen molar-refractivity contribution in [2.45, 2.75) is 39.0 Å². The topological polar surface area (TPSA) is 40.5 Å². The van der Waals surface area contributed by atoms with Crippen LogP contribution in [-0.4, -0.2) is 17.6 Å². The highest BCUT2D eigenvalue weighted by atomic mass is 35.5. The van der Waals surface area contributed by atoms with E-state index in [-0.39, 0.29) is 11.7 Å². The van der Waals surface area contributed by atoms with E-state index >= 15 is 0 Å². The smallest absolute Gasteiger partial charge is 0.226 e. The molecule has 0 atom stereocenters. The van der Waals surface area contributed by atoms with Gasteiger partial charge in [-0.1, -0.05) is 24.6 Å². The van der Waals surface area contributed by atoms with Crippen molar-refractivity contribution >= 4 is 23.2 Å². The zero-order chi connectivity index (χ0) is 15.0. The van der Waals surface area contributed by atoms with Crippen molar-refractivity contribution < 1.29 is 9.90 Å². The molecule has 3 nitrogen and oxygen atoms in total. The Morgan fingerprint density at radius 2 is 1.80 bits per heavy atom. The Bertz CT molecular complexity index is 442. The van der Waals surface area contributed by atoms with Gasteiger partial charge in [-0.25, -0.2) is 0 Å². The Morgan fingerprint density at radius 1 is 1.20 bits per heavy atom. The summed E-state index contributed by atoms with van der Waals surface area (Å²) in [5, 5.41) is 9.65. The Kier molecular flexibility index (Phi) is 7.16. The highest BCUT2D eigenvalue weighted by Crippen LogP contribution is 2.19. The maximum atomic E-state index is 12.2. The number of rotatable bonds is 8. The normalized spacial score (nSPS) is 10.3. The van der Waals surface area contributed by atoms with Crippen LogP contribution in [0.2, 0.25) is 5.02 Å². The molecule has 0 heterocycles. The quantitative estimate of drug-likeness (QED) is 0.557. The summed E-state index contributed by atoms with van der Waals surface area (Å²) < 4.78 is 0. The van der Waals surface area contributed by atoms with Gasteiger partial charge in [0.2, 0.25) is 5.91 Å². The van der Waals surface area contributed by atoms with Crippen LogP contribution in [0.4, 0.5) is 5.69 Å². The van der Waals surface area contributed by atoms with E-state index in [0.717, 1.165) is 24.9 Å². The molecule has 1 N–H and O–H groups in total. The van der Waals surface area contributed by atoms with E-state index in [9.17, 15) is 4.79 Å². The van der Waals surface area contributed by atoms with Crippen LogP contribution >= 0.6 is 11.6 Å². The van der Waals surface area contributed by atoms with Crippen LogP contribution in [-0.2, 0) is 4.79 Å². The van der Waals surface area contributed by atoms with Gasteiger partial charge in [0.15, 0.2) is 0 Å². The molecular weight excluding hydrogens is 274 g/mol. The number of hydrogen-bond acceptors (Lipinski definition) is 2. The van der Waals surface area contributed by atoms with Crippen molar-refractivity contribution in [3.05, 3.63) is 41.6 Å². The van der Waals surface area contributed by atoms with Gasteiger partial charge in [-0.3, -0.25) is 4.79 Å². The van der Waals surface area contributed by atoms with Crippen LogP contribution in [0.1, 0.15) is 39.0 Å². The number of nitrogens with zero attached hydrogens (tertiary/aromatic N) is 1.